The van der Waals surface area contributed by atoms with Gasteiger partial charge in [-0.2, -0.15) is 0 Å². The molecule has 0 spiro atoms. The number of hydrogen-bond acceptors (Lipinski definition) is 2. The zero-order valence-corrected chi connectivity index (χ0v) is 12.1. The third kappa shape index (κ3) is 3.47. The molecule has 0 aliphatic carbocycles. The predicted octanol–water partition coefficient (Wildman–Crippen LogP) is 0.891. The molecule has 19 heavy (non-hydrogen) atoms. The Bertz CT molecular complexity index is 459. The summed E-state index contributed by atoms with van der Waals surface area (Å²) in [5.41, 5.74) is 1.69. The first-order chi connectivity index (χ1) is 9.09. The SMILES string of the molecule is Cc1c(Cl)cccc1NC(=O)[C@@H](C)[NH+]1CCOCC1. The average molecular weight is 284 g/mol. The maximum atomic E-state index is 12.3. The summed E-state index contributed by atoms with van der Waals surface area (Å²) in [7, 11) is 0. The molecule has 0 radical (unpaired) electrons. The molecular formula is C14H20ClN2O2+. The van der Waals surface area contributed by atoms with Crippen LogP contribution in [0.1, 0.15) is 12.5 Å². The second-order valence-corrected chi connectivity index (χ2v) is 5.30. The van der Waals surface area contributed by atoms with Gasteiger partial charge in [-0.1, -0.05) is 17.7 Å². The molecule has 1 aromatic rings. The molecule has 2 rings (SSSR count). The van der Waals surface area contributed by atoms with Gasteiger partial charge in [-0.15, -0.1) is 0 Å². The summed E-state index contributed by atoms with van der Waals surface area (Å²) in [5.74, 6) is 0.0299. The monoisotopic (exact) mass is 283 g/mol. The number of morpholine rings is 1. The van der Waals surface area contributed by atoms with Crippen LogP contribution in [0, 0.1) is 6.92 Å². The van der Waals surface area contributed by atoms with Crippen LogP contribution in [0.15, 0.2) is 18.2 Å². The van der Waals surface area contributed by atoms with Gasteiger partial charge in [0.05, 0.1) is 13.2 Å². The lowest BCUT2D eigenvalue weighted by Gasteiger charge is -2.28. The fraction of sp³-hybridized carbons (Fsp3) is 0.500. The van der Waals surface area contributed by atoms with E-state index >= 15 is 0 Å². The Morgan fingerprint density at radius 1 is 1.42 bits per heavy atom. The molecule has 1 aromatic carbocycles. The highest BCUT2D eigenvalue weighted by molar-refractivity contribution is 6.31. The molecule has 1 aliphatic rings. The number of carbonyl (C=O) groups is 1. The van der Waals surface area contributed by atoms with E-state index in [2.05, 4.69) is 5.32 Å². The van der Waals surface area contributed by atoms with E-state index in [0.717, 1.165) is 37.6 Å². The molecule has 1 atom stereocenters. The quantitative estimate of drug-likeness (QED) is 0.865. The zero-order valence-electron chi connectivity index (χ0n) is 11.3. The number of quaternary nitrogens is 1. The smallest absolute Gasteiger partial charge is 0.282 e. The van der Waals surface area contributed by atoms with Crippen LogP contribution in [0.25, 0.3) is 0 Å². The van der Waals surface area contributed by atoms with Gasteiger partial charge in [0.15, 0.2) is 6.04 Å². The molecular weight excluding hydrogens is 264 g/mol. The largest absolute Gasteiger partial charge is 0.370 e. The van der Waals surface area contributed by atoms with Crippen molar-refractivity contribution in [2.45, 2.75) is 19.9 Å². The predicted molar refractivity (Wildman–Crippen MR) is 75.8 cm³/mol. The lowest BCUT2D eigenvalue weighted by molar-refractivity contribution is -0.921. The van der Waals surface area contributed by atoms with Gasteiger partial charge >= 0.3 is 0 Å². The summed E-state index contributed by atoms with van der Waals surface area (Å²) >= 11 is 6.05. The van der Waals surface area contributed by atoms with Crippen molar-refractivity contribution in [2.24, 2.45) is 0 Å². The van der Waals surface area contributed by atoms with E-state index in [4.69, 9.17) is 16.3 Å². The maximum Gasteiger partial charge on any atom is 0.282 e. The molecule has 1 amide bonds. The first kappa shape index (κ1) is 14.3. The minimum Gasteiger partial charge on any atom is -0.370 e. The lowest BCUT2D eigenvalue weighted by Crippen LogP contribution is -3.18. The molecule has 0 saturated carbocycles. The minimum absolute atomic E-state index is 0.0299. The number of carbonyl (C=O) groups excluding carboxylic acids is 1. The average Bonchev–Trinajstić information content (AvgIpc) is 2.44. The Morgan fingerprint density at radius 3 is 2.79 bits per heavy atom. The third-order valence-electron chi connectivity index (χ3n) is 3.67. The summed E-state index contributed by atoms with van der Waals surface area (Å²) in [6.07, 6.45) is 0. The summed E-state index contributed by atoms with van der Waals surface area (Å²) in [5, 5.41) is 3.63. The Hall–Kier alpha value is -1.10. The Morgan fingerprint density at radius 2 is 2.11 bits per heavy atom. The second kappa shape index (κ2) is 6.37. The van der Waals surface area contributed by atoms with Crippen molar-refractivity contribution in [1.82, 2.24) is 0 Å². The van der Waals surface area contributed by atoms with Crippen molar-refractivity contribution < 1.29 is 14.4 Å². The van der Waals surface area contributed by atoms with Crippen LogP contribution in [-0.4, -0.2) is 38.3 Å². The highest BCUT2D eigenvalue weighted by atomic mass is 35.5. The molecule has 0 unspecified atom stereocenters. The van der Waals surface area contributed by atoms with E-state index in [0.29, 0.717) is 5.02 Å². The normalized spacial score (nSPS) is 18.1. The molecule has 5 heteroatoms. The number of nitrogens with one attached hydrogen (secondary N) is 2. The molecule has 0 bridgehead atoms. The van der Waals surface area contributed by atoms with Crippen LogP contribution in [0.5, 0.6) is 0 Å². The van der Waals surface area contributed by atoms with E-state index in [1.54, 1.807) is 0 Å². The van der Waals surface area contributed by atoms with Gasteiger partial charge in [0, 0.05) is 10.7 Å². The Balaban J connectivity index is 2.01. The fourth-order valence-corrected chi connectivity index (χ4v) is 2.41. The molecule has 1 aliphatic heterocycles. The van der Waals surface area contributed by atoms with Crippen LogP contribution < -0.4 is 10.2 Å². The van der Waals surface area contributed by atoms with Gasteiger partial charge in [0.25, 0.3) is 5.91 Å². The molecule has 4 nitrogen and oxygen atoms in total. The van der Waals surface area contributed by atoms with Crippen molar-refractivity contribution in [3.05, 3.63) is 28.8 Å². The fourth-order valence-electron chi connectivity index (χ4n) is 2.24. The minimum atomic E-state index is -0.0812. The molecule has 1 heterocycles. The summed E-state index contributed by atoms with van der Waals surface area (Å²) in [6.45, 7) is 7.07. The van der Waals surface area contributed by atoms with Crippen LogP contribution in [0.3, 0.4) is 0 Å². The van der Waals surface area contributed by atoms with Gasteiger partial charge < -0.3 is 15.0 Å². The van der Waals surface area contributed by atoms with E-state index < -0.39 is 0 Å². The van der Waals surface area contributed by atoms with Crippen molar-refractivity contribution in [2.75, 3.05) is 31.6 Å². The number of benzene rings is 1. The van der Waals surface area contributed by atoms with Crippen molar-refractivity contribution >= 4 is 23.2 Å². The van der Waals surface area contributed by atoms with Crippen molar-refractivity contribution in [3.8, 4) is 0 Å². The summed E-state index contributed by atoms with van der Waals surface area (Å²) in [6, 6.07) is 5.46. The van der Waals surface area contributed by atoms with E-state index in [1.165, 1.54) is 4.90 Å². The van der Waals surface area contributed by atoms with E-state index in [-0.39, 0.29) is 11.9 Å². The number of ether oxygens (including phenoxy) is 1. The van der Waals surface area contributed by atoms with E-state index in [1.807, 2.05) is 32.0 Å². The highest BCUT2D eigenvalue weighted by Gasteiger charge is 2.27. The molecule has 2 N–H and O–H groups in total. The Kier molecular flexibility index (Phi) is 4.80. The molecule has 1 saturated heterocycles. The third-order valence-corrected chi connectivity index (χ3v) is 4.08. The van der Waals surface area contributed by atoms with Crippen LogP contribution in [0.4, 0.5) is 5.69 Å². The second-order valence-electron chi connectivity index (χ2n) is 4.89. The topological polar surface area (TPSA) is 42.8 Å². The van der Waals surface area contributed by atoms with Gasteiger partial charge in [-0.25, -0.2) is 0 Å². The van der Waals surface area contributed by atoms with Gasteiger partial charge in [0.2, 0.25) is 0 Å². The van der Waals surface area contributed by atoms with Crippen molar-refractivity contribution in [1.29, 1.82) is 0 Å². The highest BCUT2D eigenvalue weighted by Crippen LogP contribution is 2.22. The summed E-state index contributed by atoms with van der Waals surface area (Å²) < 4.78 is 5.31. The first-order valence-corrected chi connectivity index (χ1v) is 6.95. The van der Waals surface area contributed by atoms with Gasteiger partial charge in [0.1, 0.15) is 13.1 Å². The van der Waals surface area contributed by atoms with Crippen molar-refractivity contribution in [3.63, 3.8) is 0 Å². The lowest BCUT2D eigenvalue weighted by atomic mass is 10.2. The van der Waals surface area contributed by atoms with Crippen LogP contribution in [-0.2, 0) is 9.53 Å². The standard InChI is InChI=1S/C14H19ClN2O2/c1-10-12(15)4-3-5-13(10)16-14(18)11(2)17-6-8-19-9-7-17/h3-5,11H,6-9H2,1-2H3,(H,16,18)/p+1/t11-/m1/s1. The number of hydrogen-bond donors (Lipinski definition) is 2. The molecule has 0 aromatic heterocycles. The first-order valence-electron chi connectivity index (χ1n) is 6.58. The zero-order chi connectivity index (χ0) is 13.8. The number of anilines is 1. The Labute approximate surface area is 118 Å². The maximum absolute atomic E-state index is 12.3. The van der Waals surface area contributed by atoms with Crippen LogP contribution in [0.2, 0.25) is 5.02 Å². The summed E-state index contributed by atoms with van der Waals surface area (Å²) in [4.78, 5) is 13.5. The number of rotatable bonds is 3. The van der Waals surface area contributed by atoms with Gasteiger partial charge in [-0.3, -0.25) is 4.79 Å². The van der Waals surface area contributed by atoms with E-state index in [9.17, 15) is 4.79 Å². The molecule has 104 valence electrons. The van der Waals surface area contributed by atoms with Crippen LogP contribution >= 0.6 is 11.6 Å². The molecule has 1 fully saturated rings. The number of halogens is 1. The number of amides is 1. The van der Waals surface area contributed by atoms with Gasteiger partial charge in [-0.05, 0) is 31.5 Å².